The molecule has 1 N–H and O–H groups in total. The van der Waals surface area contributed by atoms with Crippen LogP contribution in [0.3, 0.4) is 0 Å². The van der Waals surface area contributed by atoms with E-state index in [2.05, 4.69) is 5.32 Å². The largest absolute Gasteiger partial charge is 0.324 e. The molecule has 2 aromatic carbocycles. The van der Waals surface area contributed by atoms with Crippen molar-refractivity contribution >= 4 is 38.9 Å². The van der Waals surface area contributed by atoms with Crippen molar-refractivity contribution in [2.45, 2.75) is 24.7 Å². The molecule has 1 unspecified atom stereocenters. The number of benzene rings is 2. The van der Waals surface area contributed by atoms with Crippen LogP contribution in [0.5, 0.6) is 0 Å². The Morgan fingerprint density at radius 2 is 1.93 bits per heavy atom. The first kappa shape index (κ1) is 21.2. The molecule has 1 atom stereocenters. The lowest BCUT2D eigenvalue weighted by Gasteiger charge is -2.31. The van der Waals surface area contributed by atoms with E-state index < -0.39 is 26.8 Å². The van der Waals surface area contributed by atoms with Crippen LogP contribution in [0.15, 0.2) is 47.4 Å². The molecular weight excluding hydrogens is 418 g/mol. The van der Waals surface area contributed by atoms with Crippen molar-refractivity contribution in [1.82, 2.24) is 4.31 Å². The predicted octanol–water partition coefficient (Wildman–Crippen LogP) is 3.60. The second-order valence-electron chi connectivity index (χ2n) is 6.93. The molecular formula is C19H20ClN3O5S. The van der Waals surface area contributed by atoms with Crippen molar-refractivity contribution < 1.29 is 18.1 Å². The second-order valence-corrected chi connectivity index (χ2v) is 9.27. The summed E-state index contributed by atoms with van der Waals surface area (Å²) in [5, 5.41) is 13.7. The highest BCUT2D eigenvalue weighted by Crippen LogP contribution is 2.29. The van der Waals surface area contributed by atoms with E-state index in [1.54, 1.807) is 24.3 Å². The number of hydrogen-bond donors (Lipinski definition) is 1. The van der Waals surface area contributed by atoms with Gasteiger partial charge in [0.05, 0.1) is 26.4 Å². The second kappa shape index (κ2) is 8.48. The van der Waals surface area contributed by atoms with Gasteiger partial charge in [-0.3, -0.25) is 14.9 Å². The number of nitro groups is 1. The predicted molar refractivity (Wildman–Crippen MR) is 109 cm³/mol. The van der Waals surface area contributed by atoms with Gasteiger partial charge in [0.15, 0.2) is 0 Å². The summed E-state index contributed by atoms with van der Waals surface area (Å²) < 4.78 is 27.1. The summed E-state index contributed by atoms with van der Waals surface area (Å²) in [5.41, 5.74) is 0.884. The average Bonchev–Trinajstić information content (AvgIpc) is 2.70. The average molecular weight is 438 g/mol. The van der Waals surface area contributed by atoms with Gasteiger partial charge in [0, 0.05) is 25.2 Å². The minimum atomic E-state index is -3.71. The summed E-state index contributed by atoms with van der Waals surface area (Å²) in [4.78, 5) is 23.2. The van der Waals surface area contributed by atoms with E-state index in [-0.39, 0.29) is 27.8 Å². The van der Waals surface area contributed by atoms with Crippen molar-refractivity contribution in [2.75, 3.05) is 18.4 Å². The molecule has 10 heteroatoms. The van der Waals surface area contributed by atoms with Crippen LogP contribution < -0.4 is 5.32 Å². The van der Waals surface area contributed by atoms with Gasteiger partial charge >= 0.3 is 0 Å². The smallest absolute Gasteiger partial charge is 0.271 e. The number of amides is 1. The fraction of sp³-hybridized carbons (Fsp3) is 0.316. The molecule has 0 aliphatic carbocycles. The minimum absolute atomic E-state index is 0.0363. The van der Waals surface area contributed by atoms with Crippen LogP contribution in [0.2, 0.25) is 5.02 Å². The van der Waals surface area contributed by atoms with Crippen LogP contribution in [0.4, 0.5) is 11.4 Å². The molecule has 154 valence electrons. The summed E-state index contributed by atoms with van der Waals surface area (Å²) in [6, 6.07) is 10.3. The molecule has 8 nitrogen and oxygen atoms in total. The lowest BCUT2D eigenvalue weighted by molar-refractivity contribution is -0.384. The summed E-state index contributed by atoms with van der Waals surface area (Å²) >= 11 is 6.03. The van der Waals surface area contributed by atoms with E-state index in [4.69, 9.17) is 11.6 Å². The quantitative estimate of drug-likeness (QED) is 0.567. The maximum atomic E-state index is 12.9. The molecule has 29 heavy (non-hydrogen) atoms. The lowest BCUT2D eigenvalue weighted by Crippen LogP contribution is -2.43. The van der Waals surface area contributed by atoms with E-state index >= 15 is 0 Å². The molecule has 0 aromatic heterocycles. The van der Waals surface area contributed by atoms with Gasteiger partial charge in [-0.15, -0.1) is 0 Å². The van der Waals surface area contributed by atoms with Gasteiger partial charge in [-0.25, -0.2) is 8.42 Å². The Balaban J connectivity index is 1.75. The van der Waals surface area contributed by atoms with Crippen LogP contribution in [0.1, 0.15) is 18.4 Å². The van der Waals surface area contributed by atoms with Crippen LogP contribution in [-0.4, -0.2) is 36.6 Å². The zero-order valence-electron chi connectivity index (χ0n) is 15.7. The molecule has 1 amide bonds. The Bertz CT molecular complexity index is 1040. The molecule has 1 aliphatic rings. The number of aryl methyl sites for hydroxylation is 1. The molecule has 3 rings (SSSR count). The molecule has 1 aliphatic heterocycles. The third kappa shape index (κ3) is 4.75. The first-order chi connectivity index (χ1) is 13.7. The highest BCUT2D eigenvalue weighted by molar-refractivity contribution is 7.89. The Hall–Kier alpha value is -2.49. The highest BCUT2D eigenvalue weighted by Gasteiger charge is 2.33. The van der Waals surface area contributed by atoms with Crippen LogP contribution >= 0.6 is 11.6 Å². The van der Waals surface area contributed by atoms with Crippen molar-refractivity contribution in [1.29, 1.82) is 0 Å². The third-order valence-corrected chi connectivity index (χ3v) is 7.04. The Morgan fingerprint density at radius 1 is 1.24 bits per heavy atom. The zero-order chi connectivity index (χ0) is 21.2. The zero-order valence-corrected chi connectivity index (χ0v) is 17.2. The van der Waals surface area contributed by atoms with Gasteiger partial charge in [0.1, 0.15) is 0 Å². The van der Waals surface area contributed by atoms with Crippen LogP contribution in [0.25, 0.3) is 0 Å². The van der Waals surface area contributed by atoms with Gasteiger partial charge in [-0.1, -0.05) is 29.3 Å². The number of non-ortho nitro benzene ring substituents is 1. The number of nitrogens with zero attached hydrogens (tertiary/aromatic N) is 2. The molecule has 1 heterocycles. The van der Waals surface area contributed by atoms with Gasteiger partial charge in [-0.2, -0.15) is 4.31 Å². The Morgan fingerprint density at radius 3 is 2.59 bits per heavy atom. The van der Waals surface area contributed by atoms with Crippen molar-refractivity contribution in [3.05, 3.63) is 63.2 Å². The first-order valence-corrected chi connectivity index (χ1v) is 10.8. The maximum Gasteiger partial charge on any atom is 0.271 e. The summed E-state index contributed by atoms with van der Waals surface area (Å²) in [6.07, 6.45) is 1.05. The monoisotopic (exact) mass is 437 g/mol. The van der Waals surface area contributed by atoms with E-state index in [9.17, 15) is 23.3 Å². The standard InChI is InChI=1S/C19H20ClN3O5S/c1-13-4-7-16(8-5-13)29(27,28)22-10-2-3-14(12-22)19(24)21-18-11-15(23(25)26)6-9-17(18)20/h4-9,11,14H,2-3,10,12H2,1H3,(H,21,24). The summed E-state index contributed by atoms with van der Waals surface area (Å²) in [7, 11) is -3.71. The molecule has 1 saturated heterocycles. The van der Waals surface area contributed by atoms with Crippen molar-refractivity contribution in [3.8, 4) is 0 Å². The number of hydrogen-bond acceptors (Lipinski definition) is 5. The number of nitrogens with one attached hydrogen (secondary N) is 1. The number of halogens is 1. The molecule has 2 aromatic rings. The number of nitro benzene ring substituents is 1. The number of sulfonamides is 1. The Labute approximate surface area is 173 Å². The molecule has 0 saturated carbocycles. The summed E-state index contributed by atoms with van der Waals surface area (Å²) in [6.45, 7) is 2.24. The van der Waals surface area contributed by atoms with Crippen molar-refractivity contribution in [3.63, 3.8) is 0 Å². The normalized spacial score (nSPS) is 17.7. The highest BCUT2D eigenvalue weighted by atomic mass is 35.5. The molecule has 0 radical (unpaired) electrons. The lowest BCUT2D eigenvalue weighted by atomic mass is 9.98. The van der Waals surface area contributed by atoms with E-state index in [0.717, 1.165) is 5.56 Å². The van der Waals surface area contributed by atoms with E-state index in [0.29, 0.717) is 19.4 Å². The number of carbonyl (C=O) groups excluding carboxylic acids is 1. The van der Waals surface area contributed by atoms with Crippen LogP contribution in [0, 0.1) is 23.0 Å². The number of carbonyl (C=O) groups is 1. The van der Waals surface area contributed by atoms with Gasteiger partial charge in [0.25, 0.3) is 5.69 Å². The van der Waals surface area contributed by atoms with E-state index in [1.165, 1.54) is 22.5 Å². The van der Waals surface area contributed by atoms with Gasteiger partial charge < -0.3 is 5.32 Å². The molecule has 0 bridgehead atoms. The van der Waals surface area contributed by atoms with Crippen LogP contribution in [-0.2, 0) is 14.8 Å². The maximum absolute atomic E-state index is 12.9. The fourth-order valence-electron chi connectivity index (χ4n) is 3.19. The fourth-order valence-corrected chi connectivity index (χ4v) is 4.88. The number of anilines is 1. The van der Waals surface area contributed by atoms with Crippen molar-refractivity contribution in [2.24, 2.45) is 5.92 Å². The molecule has 1 fully saturated rings. The number of rotatable bonds is 5. The SMILES string of the molecule is Cc1ccc(S(=O)(=O)N2CCCC(C(=O)Nc3cc([N+](=O)[O-])ccc3Cl)C2)cc1. The first-order valence-electron chi connectivity index (χ1n) is 9.00. The number of piperidine rings is 1. The topological polar surface area (TPSA) is 110 Å². The van der Waals surface area contributed by atoms with E-state index in [1.807, 2.05) is 6.92 Å². The summed E-state index contributed by atoms with van der Waals surface area (Å²) in [5.74, 6) is -1.00. The molecule has 0 spiro atoms. The Kier molecular flexibility index (Phi) is 6.21. The van der Waals surface area contributed by atoms with Gasteiger partial charge in [0.2, 0.25) is 15.9 Å². The minimum Gasteiger partial charge on any atom is -0.324 e. The van der Waals surface area contributed by atoms with Gasteiger partial charge in [-0.05, 0) is 38.0 Å². The third-order valence-electron chi connectivity index (χ3n) is 4.83.